The maximum absolute atomic E-state index is 13.4. The van der Waals surface area contributed by atoms with Crippen LogP contribution in [0.25, 0.3) is 0 Å². The van der Waals surface area contributed by atoms with Crippen LogP contribution in [-0.2, 0) is 11.3 Å². The number of fused-ring (bicyclic) bond motifs is 1. The average molecular weight is 492 g/mol. The number of nitrogens with one attached hydrogen (secondary N) is 1. The van der Waals surface area contributed by atoms with E-state index >= 15 is 0 Å². The first-order chi connectivity index (χ1) is 17.1. The zero-order valence-electron chi connectivity index (χ0n) is 20.2. The first-order valence-electron chi connectivity index (χ1n) is 11.4. The Balaban J connectivity index is 1.49. The fourth-order valence-electron chi connectivity index (χ4n) is 3.65. The third-order valence-corrected chi connectivity index (χ3v) is 5.33. The van der Waals surface area contributed by atoms with Crippen molar-refractivity contribution in [3.63, 3.8) is 0 Å². The number of nitrogens with zero attached hydrogens (tertiary/aromatic N) is 4. The van der Waals surface area contributed by atoms with Gasteiger partial charge in [0.05, 0.1) is 12.2 Å². The summed E-state index contributed by atoms with van der Waals surface area (Å²) in [5, 5.41) is 16.7. The van der Waals surface area contributed by atoms with Gasteiger partial charge in [-0.2, -0.15) is 0 Å². The number of anilines is 1. The lowest BCUT2D eigenvalue weighted by molar-refractivity contribution is -0.120. The molecule has 2 heterocycles. The highest BCUT2D eigenvalue weighted by molar-refractivity contribution is 6.02. The van der Waals surface area contributed by atoms with E-state index in [4.69, 9.17) is 4.74 Å². The van der Waals surface area contributed by atoms with Crippen molar-refractivity contribution in [1.82, 2.24) is 20.1 Å². The molecule has 0 saturated carbocycles. The van der Waals surface area contributed by atoms with Crippen LogP contribution in [0.4, 0.5) is 10.1 Å². The van der Waals surface area contributed by atoms with Gasteiger partial charge in [0.1, 0.15) is 36.1 Å². The number of carbonyl (C=O) groups excluding carboxylic acids is 2. The summed E-state index contributed by atoms with van der Waals surface area (Å²) in [6.07, 6.45) is 1.37. The van der Waals surface area contributed by atoms with Gasteiger partial charge in [-0.1, -0.05) is 24.0 Å². The third kappa shape index (κ3) is 5.87. The SMILES string of the molecule is CCN1C(=O)[C@@H](NC(=O)c2ncn(Cc3cccc(F)c3)n2)COc2ccc(C#CC(C)(C)O)cc21. The average Bonchev–Trinajstić information content (AvgIpc) is 3.24. The lowest BCUT2D eigenvalue weighted by Gasteiger charge is -2.23. The smallest absolute Gasteiger partial charge is 0.291 e. The van der Waals surface area contributed by atoms with Crippen molar-refractivity contribution in [2.45, 2.75) is 39.0 Å². The van der Waals surface area contributed by atoms with Crippen LogP contribution in [0.1, 0.15) is 42.5 Å². The van der Waals surface area contributed by atoms with Crippen molar-refractivity contribution >= 4 is 17.5 Å². The molecule has 0 aliphatic carbocycles. The third-order valence-electron chi connectivity index (χ3n) is 5.33. The predicted octanol–water partition coefficient (Wildman–Crippen LogP) is 2.13. The summed E-state index contributed by atoms with van der Waals surface area (Å²) in [5.41, 5.74) is 0.653. The van der Waals surface area contributed by atoms with E-state index in [0.29, 0.717) is 29.1 Å². The van der Waals surface area contributed by atoms with Crippen LogP contribution in [0.3, 0.4) is 0 Å². The highest BCUT2D eigenvalue weighted by Gasteiger charge is 2.33. The van der Waals surface area contributed by atoms with Crippen molar-refractivity contribution in [3.05, 3.63) is 71.6 Å². The Kier molecular flexibility index (Phi) is 7.03. The second-order valence-electron chi connectivity index (χ2n) is 8.81. The van der Waals surface area contributed by atoms with Crippen LogP contribution >= 0.6 is 0 Å². The Morgan fingerprint density at radius 1 is 1.31 bits per heavy atom. The van der Waals surface area contributed by atoms with Gasteiger partial charge in [0, 0.05) is 12.1 Å². The standard InChI is InChI=1S/C26H26FN5O4/c1-4-32-21-13-17(10-11-26(2,3)35)8-9-22(21)36-15-20(25(32)34)29-24(33)23-28-16-31(30-23)14-18-6-5-7-19(27)12-18/h5-9,12-13,16,20,35H,4,14-15H2,1-3H3,(H,29,33)/t20-/m0/s1. The number of aromatic nitrogens is 3. The fourth-order valence-corrected chi connectivity index (χ4v) is 3.65. The number of benzene rings is 2. The summed E-state index contributed by atoms with van der Waals surface area (Å²) in [7, 11) is 0. The van der Waals surface area contributed by atoms with E-state index < -0.39 is 17.6 Å². The van der Waals surface area contributed by atoms with E-state index in [1.165, 1.54) is 28.0 Å². The van der Waals surface area contributed by atoms with E-state index in [9.17, 15) is 19.1 Å². The van der Waals surface area contributed by atoms with E-state index in [0.717, 1.165) is 0 Å². The molecule has 36 heavy (non-hydrogen) atoms. The number of rotatable bonds is 5. The molecule has 1 aliphatic heterocycles. The summed E-state index contributed by atoms with van der Waals surface area (Å²) >= 11 is 0. The van der Waals surface area contributed by atoms with Crippen molar-refractivity contribution < 1.29 is 23.8 Å². The number of amides is 2. The monoisotopic (exact) mass is 491 g/mol. The Labute approximate surface area is 207 Å². The largest absolute Gasteiger partial charge is 0.489 e. The van der Waals surface area contributed by atoms with Gasteiger partial charge in [-0.25, -0.2) is 14.1 Å². The van der Waals surface area contributed by atoms with Gasteiger partial charge < -0.3 is 20.1 Å². The Morgan fingerprint density at radius 3 is 2.83 bits per heavy atom. The summed E-state index contributed by atoms with van der Waals surface area (Å²) in [6.45, 7) is 5.48. The van der Waals surface area contributed by atoms with Crippen LogP contribution in [-0.4, -0.2) is 56.5 Å². The first-order valence-corrected chi connectivity index (χ1v) is 11.4. The molecular formula is C26H26FN5O4. The lowest BCUT2D eigenvalue weighted by Crippen LogP contribution is -2.50. The van der Waals surface area contributed by atoms with Gasteiger partial charge in [-0.15, -0.1) is 5.10 Å². The van der Waals surface area contributed by atoms with Gasteiger partial charge in [-0.3, -0.25) is 9.59 Å². The molecule has 0 spiro atoms. The van der Waals surface area contributed by atoms with Gasteiger partial charge in [0.2, 0.25) is 5.82 Å². The molecule has 1 aliphatic rings. The van der Waals surface area contributed by atoms with Crippen LogP contribution in [0.5, 0.6) is 5.75 Å². The summed E-state index contributed by atoms with van der Waals surface area (Å²) < 4.78 is 20.7. The van der Waals surface area contributed by atoms with Gasteiger partial charge in [0.25, 0.3) is 11.8 Å². The molecule has 0 bridgehead atoms. The van der Waals surface area contributed by atoms with Crippen molar-refractivity contribution in [1.29, 1.82) is 0 Å². The van der Waals surface area contributed by atoms with Gasteiger partial charge in [-0.05, 0) is 56.7 Å². The normalized spacial score (nSPS) is 15.3. The molecule has 2 amide bonds. The number of hydrogen-bond donors (Lipinski definition) is 2. The molecule has 0 unspecified atom stereocenters. The maximum Gasteiger partial charge on any atom is 0.291 e. The highest BCUT2D eigenvalue weighted by atomic mass is 19.1. The zero-order valence-corrected chi connectivity index (χ0v) is 20.2. The van der Waals surface area contributed by atoms with Gasteiger partial charge >= 0.3 is 0 Å². The minimum atomic E-state index is -1.16. The van der Waals surface area contributed by atoms with Crippen molar-refractivity contribution in [3.8, 4) is 17.6 Å². The Hall–Kier alpha value is -4.23. The molecule has 1 aromatic heterocycles. The van der Waals surface area contributed by atoms with Crippen LogP contribution in [0.15, 0.2) is 48.8 Å². The summed E-state index contributed by atoms with van der Waals surface area (Å²) in [4.78, 5) is 31.6. The number of carbonyl (C=O) groups is 2. The van der Waals surface area contributed by atoms with Crippen LogP contribution in [0.2, 0.25) is 0 Å². The minimum Gasteiger partial charge on any atom is -0.489 e. The first kappa shape index (κ1) is 24.9. The number of hydrogen-bond acceptors (Lipinski definition) is 6. The molecule has 10 heteroatoms. The summed E-state index contributed by atoms with van der Waals surface area (Å²) in [6, 6.07) is 10.3. The molecule has 2 aromatic carbocycles. The van der Waals surface area contributed by atoms with Crippen LogP contribution < -0.4 is 15.0 Å². The molecule has 2 N–H and O–H groups in total. The highest BCUT2D eigenvalue weighted by Crippen LogP contribution is 2.32. The predicted molar refractivity (Wildman–Crippen MR) is 130 cm³/mol. The molecule has 0 fully saturated rings. The van der Waals surface area contributed by atoms with E-state index in [2.05, 4.69) is 27.2 Å². The quantitative estimate of drug-likeness (QED) is 0.530. The van der Waals surface area contributed by atoms with Crippen molar-refractivity contribution in [2.24, 2.45) is 0 Å². The molecular weight excluding hydrogens is 465 g/mol. The molecule has 4 rings (SSSR count). The maximum atomic E-state index is 13.4. The molecule has 9 nitrogen and oxygen atoms in total. The number of ether oxygens (including phenoxy) is 1. The lowest BCUT2D eigenvalue weighted by atomic mass is 10.1. The zero-order chi connectivity index (χ0) is 25.9. The summed E-state index contributed by atoms with van der Waals surface area (Å²) in [5.74, 6) is 4.66. The van der Waals surface area contributed by atoms with E-state index in [-0.39, 0.29) is 30.7 Å². The topological polar surface area (TPSA) is 110 Å². The number of halogens is 1. The second kappa shape index (κ2) is 10.2. The van der Waals surface area contributed by atoms with Crippen molar-refractivity contribution in [2.75, 3.05) is 18.1 Å². The minimum absolute atomic E-state index is 0.0766. The molecule has 3 aromatic rings. The van der Waals surface area contributed by atoms with E-state index in [1.807, 2.05) is 6.92 Å². The van der Waals surface area contributed by atoms with Crippen LogP contribution in [0, 0.1) is 17.7 Å². The molecule has 1 atom stereocenters. The Morgan fingerprint density at radius 2 is 2.11 bits per heavy atom. The second-order valence-corrected chi connectivity index (χ2v) is 8.81. The number of aliphatic hydroxyl groups is 1. The van der Waals surface area contributed by atoms with Gasteiger partial charge in [0.15, 0.2) is 0 Å². The Bertz CT molecular complexity index is 1350. The number of likely N-dealkylation sites (N-methyl/N-ethyl adjacent to an activating group) is 1. The van der Waals surface area contributed by atoms with E-state index in [1.54, 1.807) is 44.2 Å². The molecule has 0 radical (unpaired) electrons. The fraction of sp³-hybridized carbons (Fsp3) is 0.308. The molecule has 186 valence electrons. The molecule has 0 saturated heterocycles.